The molecule has 0 N–H and O–H groups in total. The molecule has 0 radical (unpaired) electrons. The summed E-state index contributed by atoms with van der Waals surface area (Å²) in [4.78, 5) is 15.2. The van der Waals surface area contributed by atoms with E-state index in [-0.39, 0.29) is 11.9 Å². The molecule has 0 bridgehead atoms. The Hall–Kier alpha value is -0.580. The fraction of sp³-hybridized carbons (Fsp3) is 0.462. The highest BCUT2D eigenvalue weighted by Crippen LogP contribution is 2.31. The number of carbonyl (C=O) groups excluding carboxylic acids is 1. The van der Waals surface area contributed by atoms with Crippen molar-refractivity contribution < 1.29 is 4.79 Å². The number of halogens is 1. The van der Waals surface area contributed by atoms with Crippen molar-refractivity contribution in [2.24, 2.45) is 0 Å². The average molecular weight is 302 g/mol. The summed E-state index contributed by atoms with van der Waals surface area (Å²) >= 11 is 8.97. The van der Waals surface area contributed by atoms with E-state index in [1.54, 1.807) is 22.7 Å². The van der Waals surface area contributed by atoms with Crippen LogP contribution >= 0.6 is 34.3 Å². The van der Waals surface area contributed by atoms with E-state index in [1.165, 1.54) is 9.40 Å². The van der Waals surface area contributed by atoms with Crippen LogP contribution in [0.5, 0.6) is 0 Å². The summed E-state index contributed by atoms with van der Waals surface area (Å²) in [5, 5.41) is 2.06. The van der Waals surface area contributed by atoms with Gasteiger partial charge in [-0.05, 0) is 37.8 Å². The summed E-state index contributed by atoms with van der Waals surface area (Å²) in [6.07, 6.45) is 0.839. The third-order valence-electron chi connectivity index (χ3n) is 2.77. The zero-order valence-corrected chi connectivity index (χ0v) is 12.9. The first-order valence-corrected chi connectivity index (χ1v) is 8.20. The van der Waals surface area contributed by atoms with Gasteiger partial charge < -0.3 is 4.90 Å². The first kappa shape index (κ1) is 13.8. The lowest BCUT2D eigenvalue weighted by molar-refractivity contribution is 0.0711. The van der Waals surface area contributed by atoms with Gasteiger partial charge in [0.15, 0.2) is 0 Å². The van der Waals surface area contributed by atoms with Gasteiger partial charge in [-0.3, -0.25) is 4.79 Å². The van der Waals surface area contributed by atoms with E-state index in [4.69, 9.17) is 11.6 Å². The maximum Gasteiger partial charge on any atom is 0.264 e. The molecule has 2 aromatic rings. The molecule has 0 aromatic carbocycles. The molecule has 0 atom stereocenters. The van der Waals surface area contributed by atoms with Gasteiger partial charge in [0.25, 0.3) is 5.91 Å². The van der Waals surface area contributed by atoms with Crippen molar-refractivity contribution in [3.8, 4) is 0 Å². The number of rotatable bonds is 5. The van der Waals surface area contributed by atoms with E-state index in [2.05, 4.69) is 11.4 Å². The van der Waals surface area contributed by atoms with Crippen LogP contribution in [0.15, 0.2) is 17.5 Å². The molecule has 0 fully saturated rings. The molecule has 2 heterocycles. The first-order chi connectivity index (χ1) is 8.63. The number of carbonyl (C=O) groups is 1. The van der Waals surface area contributed by atoms with Crippen LogP contribution in [0.2, 0.25) is 0 Å². The number of nitrogens with zero attached hydrogens (tertiary/aromatic N) is 1. The smallest absolute Gasteiger partial charge is 0.264 e. The fourth-order valence-electron chi connectivity index (χ4n) is 1.84. The molecule has 0 aliphatic carbocycles. The van der Waals surface area contributed by atoms with Gasteiger partial charge in [-0.1, -0.05) is 0 Å². The number of hydrogen-bond acceptors (Lipinski definition) is 3. The molecule has 98 valence electrons. The van der Waals surface area contributed by atoms with Crippen LogP contribution in [0, 0.1) is 0 Å². The van der Waals surface area contributed by atoms with Crippen molar-refractivity contribution in [1.82, 2.24) is 4.90 Å². The highest BCUT2D eigenvalue weighted by Gasteiger charge is 2.20. The Kier molecular flexibility index (Phi) is 4.65. The van der Waals surface area contributed by atoms with Gasteiger partial charge in [-0.25, -0.2) is 0 Å². The van der Waals surface area contributed by atoms with E-state index < -0.39 is 0 Å². The molecule has 0 unspecified atom stereocenters. The van der Waals surface area contributed by atoms with Crippen molar-refractivity contribution in [2.45, 2.75) is 26.3 Å². The molecule has 0 aliphatic rings. The number of amides is 1. The van der Waals surface area contributed by atoms with E-state index in [0.717, 1.165) is 17.8 Å². The van der Waals surface area contributed by atoms with Gasteiger partial charge >= 0.3 is 0 Å². The Labute approximate surface area is 120 Å². The van der Waals surface area contributed by atoms with Gasteiger partial charge in [0.05, 0.1) is 4.88 Å². The Bertz CT molecular complexity index is 503. The molecule has 2 aromatic heterocycles. The maximum atomic E-state index is 12.5. The standard InChI is InChI=1S/C13H16ClNOS2/c1-9(2)15(6-3-5-14)13(16)12-8-11-10(18-12)4-7-17-11/h4,7-9H,3,5-6H2,1-2H3. The fourth-order valence-corrected chi connectivity index (χ4v) is 4.02. The minimum atomic E-state index is 0.128. The van der Waals surface area contributed by atoms with Crippen LogP contribution in [-0.2, 0) is 0 Å². The van der Waals surface area contributed by atoms with Gasteiger partial charge in [-0.2, -0.15) is 0 Å². The topological polar surface area (TPSA) is 20.3 Å². The Morgan fingerprint density at radius 2 is 2.22 bits per heavy atom. The molecular weight excluding hydrogens is 286 g/mol. The molecule has 2 rings (SSSR count). The highest BCUT2D eigenvalue weighted by molar-refractivity contribution is 7.27. The number of thiophene rings is 2. The highest BCUT2D eigenvalue weighted by atomic mass is 35.5. The van der Waals surface area contributed by atoms with Crippen molar-refractivity contribution >= 4 is 49.6 Å². The van der Waals surface area contributed by atoms with Crippen LogP contribution in [-0.4, -0.2) is 29.3 Å². The molecule has 0 saturated carbocycles. The second-order valence-corrected chi connectivity index (χ2v) is 6.80. The molecular formula is C13H16ClNOS2. The Morgan fingerprint density at radius 3 is 2.83 bits per heavy atom. The van der Waals surface area contributed by atoms with Crippen LogP contribution < -0.4 is 0 Å². The van der Waals surface area contributed by atoms with Crippen LogP contribution in [0.4, 0.5) is 0 Å². The Balaban J connectivity index is 2.19. The maximum absolute atomic E-state index is 12.5. The number of fused-ring (bicyclic) bond motifs is 1. The summed E-state index contributed by atoms with van der Waals surface area (Å²) in [5.74, 6) is 0.722. The first-order valence-electron chi connectivity index (χ1n) is 5.97. The number of alkyl halides is 1. The quantitative estimate of drug-likeness (QED) is 0.748. The molecule has 0 saturated heterocycles. The largest absolute Gasteiger partial charge is 0.335 e. The van der Waals surface area contributed by atoms with E-state index in [0.29, 0.717) is 5.88 Å². The minimum Gasteiger partial charge on any atom is -0.335 e. The summed E-state index contributed by atoms with van der Waals surface area (Å²) in [7, 11) is 0. The van der Waals surface area contributed by atoms with Gasteiger partial charge in [0.1, 0.15) is 0 Å². The normalized spacial score (nSPS) is 11.3. The summed E-state index contributed by atoms with van der Waals surface area (Å²) in [6.45, 7) is 4.82. The minimum absolute atomic E-state index is 0.128. The molecule has 0 aliphatic heterocycles. The van der Waals surface area contributed by atoms with E-state index >= 15 is 0 Å². The molecule has 5 heteroatoms. The zero-order chi connectivity index (χ0) is 13.1. The SMILES string of the molecule is CC(C)N(CCCCl)C(=O)c1cc2sccc2s1. The van der Waals surface area contributed by atoms with Crippen molar-refractivity contribution in [3.05, 3.63) is 22.4 Å². The lowest BCUT2D eigenvalue weighted by Gasteiger charge is -2.25. The lowest BCUT2D eigenvalue weighted by atomic mass is 10.2. The van der Waals surface area contributed by atoms with Crippen LogP contribution in [0.1, 0.15) is 29.9 Å². The molecule has 0 spiro atoms. The van der Waals surface area contributed by atoms with Gasteiger partial charge in [0.2, 0.25) is 0 Å². The predicted octanol–water partition coefficient (Wildman–Crippen LogP) is 4.44. The summed E-state index contributed by atoms with van der Waals surface area (Å²) in [5.41, 5.74) is 0. The molecule has 2 nitrogen and oxygen atoms in total. The average Bonchev–Trinajstić information content (AvgIpc) is 2.88. The van der Waals surface area contributed by atoms with Crippen molar-refractivity contribution in [3.63, 3.8) is 0 Å². The lowest BCUT2D eigenvalue weighted by Crippen LogP contribution is -2.37. The second kappa shape index (κ2) is 6.04. The Morgan fingerprint density at radius 1 is 1.44 bits per heavy atom. The van der Waals surface area contributed by atoms with Gasteiger partial charge in [-0.15, -0.1) is 34.3 Å². The zero-order valence-electron chi connectivity index (χ0n) is 10.5. The van der Waals surface area contributed by atoms with E-state index in [9.17, 15) is 4.79 Å². The van der Waals surface area contributed by atoms with Crippen LogP contribution in [0.3, 0.4) is 0 Å². The predicted molar refractivity (Wildman–Crippen MR) is 81.2 cm³/mol. The van der Waals surface area contributed by atoms with Crippen molar-refractivity contribution in [1.29, 1.82) is 0 Å². The number of hydrogen-bond donors (Lipinski definition) is 0. The summed E-state index contributed by atoms with van der Waals surface area (Å²) < 4.78 is 2.40. The van der Waals surface area contributed by atoms with Crippen molar-refractivity contribution in [2.75, 3.05) is 12.4 Å². The van der Waals surface area contributed by atoms with E-state index in [1.807, 2.05) is 24.8 Å². The van der Waals surface area contributed by atoms with Gasteiger partial charge in [0, 0.05) is 27.9 Å². The van der Waals surface area contributed by atoms with Crippen LogP contribution in [0.25, 0.3) is 9.40 Å². The summed E-state index contributed by atoms with van der Waals surface area (Å²) in [6, 6.07) is 4.28. The second-order valence-electron chi connectivity index (χ2n) is 4.39. The third kappa shape index (κ3) is 2.87. The third-order valence-corrected chi connectivity index (χ3v) is 5.12. The molecule has 1 amide bonds. The molecule has 18 heavy (non-hydrogen) atoms. The monoisotopic (exact) mass is 301 g/mol.